The van der Waals surface area contributed by atoms with Gasteiger partial charge in [-0.3, -0.25) is 0 Å². The minimum absolute atomic E-state index is 0.363. The number of nitriles is 1. The molecule has 4 nitrogen and oxygen atoms in total. The molecule has 0 saturated carbocycles. The lowest BCUT2D eigenvalue weighted by molar-refractivity contribution is 0.170. The van der Waals surface area contributed by atoms with E-state index in [-0.39, 0.29) is 0 Å². The predicted octanol–water partition coefficient (Wildman–Crippen LogP) is 1.41. The fourth-order valence-electron chi connectivity index (χ4n) is 0.997. The van der Waals surface area contributed by atoms with Crippen LogP contribution in [0.4, 0.5) is 4.79 Å². The van der Waals surface area contributed by atoms with Gasteiger partial charge in [0.1, 0.15) is 0 Å². The Hall–Kier alpha value is -2.02. The molecule has 14 heavy (non-hydrogen) atoms. The molecule has 1 aromatic rings. The summed E-state index contributed by atoms with van der Waals surface area (Å²) in [4.78, 5) is 10.7. The molecule has 0 heterocycles. The van der Waals surface area contributed by atoms with Crippen LogP contribution in [0.15, 0.2) is 24.3 Å². The van der Waals surface area contributed by atoms with Crippen molar-refractivity contribution < 1.29 is 9.53 Å². The molecule has 1 amide bonds. The van der Waals surface area contributed by atoms with Crippen LogP contribution in [0.2, 0.25) is 0 Å². The van der Waals surface area contributed by atoms with Gasteiger partial charge in [-0.15, -0.1) is 0 Å². The molecule has 0 fully saturated rings. The largest absolute Gasteiger partial charge is 0.453 e. The SMILES string of the molecule is COC(=O)NCc1cccc(C#N)c1. The van der Waals surface area contributed by atoms with E-state index in [1.54, 1.807) is 18.2 Å². The second-order valence-corrected chi connectivity index (χ2v) is 2.66. The standard InChI is InChI=1S/C10H10N2O2/c1-14-10(13)12-7-9-4-2-3-8(5-9)6-11/h2-5H,7H2,1H3,(H,12,13). The van der Waals surface area contributed by atoms with Crippen LogP contribution in [0.25, 0.3) is 0 Å². The lowest BCUT2D eigenvalue weighted by Crippen LogP contribution is -2.22. The summed E-state index contributed by atoms with van der Waals surface area (Å²) >= 11 is 0. The quantitative estimate of drug-likeness (QED) is 0.767. The summed E-state index contributed by atoms with van der Waals surface area (Å²) in [6, 6.07) is 9.05. The second kappa shape index (κ2) is 4.87. The summed E-state index contributed by atoms with van der Waals surface area (Å²) in [6.07, 6.45) is -0.479. The second-order valence-electron chi connectivity index (χ2n) is 2.66. The Morgan fingerprint density at radius 2 is 2.43 bits per heavy atom. The minimum atomic E-state index is -0.479. The highest BCUT2D eigenvalue weighted by Crippen LogP contribution is 2.03. The van der Waals surface area contributed by atoms with Crippen molar-refractivity contribution in [2.24, 2.45) is 0 Å². The summed E-state index contributed by atoms with van der Waals surface area (Å²) < 4.78 is 4.41. The van der Waals surface area contributed by atoms with E-state index >= 15 is 0 Å². The van der Waals surface area contributed by atoms with Crippen LogP contribution in [0, 0.1) is 11.3 Å². The molecule has 1 aromatic carbocycles. The van der Waals surface area contributed by atoms with Gasteiger partial charge in [0.05, 0.1) is 18.7 Å². The van der Waals surface area contributed by atoms with Crippen LogP contribution in [0.3, 0.4) is 0 Å². The van der Waals surface area contributed by atoms with Gasteiger partial charge in [-0.05, 0) is 17.7 Å². The number of carbonyl (C=O) groups excluding carboxylic acids is 1. The first-order chi connectivity index (χ1) is 6.76. The van der Waals surface area contributed by atoms with Gasteiger partial charge in [-0.25, -0.2) is 4.79 Å². The molecule has 0 bridgehead atoms. The maximum absolute atomic E-state index is 10.7. The van der Waals surface area contributed by atoms with E-state index in [1.165, 1.54) is 7.11 Å². The van der Waals surface area contributed by atoms with E-state index in [1.807, 2.05) is 12.1 Å². The lowest BCUT2D eigenvalue weighted by Gasteiger charge is -2.03. The Bertz CT molecular complexity index is 369. The first-order valence-corrected chi connectivity index (χ1v) is 4.07. The van der Waals surface area contributed by atoms with E-state index in [4.69, 9.17) is 5.26 Å². The molecule has 0 spiro atoms. The smallest absolute Gasteiger partial charge is 0.407 e. The first-order valence-electron chi connectivity index (χ1n) is 4.07. The van der Waals surface area contributed by atoms with Crippen molar-refractivity contribution >= 4 is 6.09 Å². The van der Waals surface area contributed by atoms with Crippen molar-refractivity contribution in [3.63, 3.8) is 0 Å². The van der Waals surface area contributed by atoms with Gasteiger partial charge in [0, 0.05) is 6.54 Å². The molecule has 0 saturated heterocycles. The number of amides is 1. The molecule has 0 aliphatic heterocycles. The number of carbonyl (C=O) groups is 1. The zero-order valence-electron chi connectivity index (χ0n) is 7.78. The Morgan fingerprint density at radius 3 is 3.07 bits per heavy atom. The van der Waals surface area contributed by atoms with Gasteiger partial charge in [0.15, 0.2) is 0 Å². The van der Waals surface area contributed by atoms with Crippen molar-refractivity contribution in [3.05, 3.63) is 35.4 Å². The number of ether oxygens (including phenoxy) is 1. The highest BCUT2D eigenvalue weighted by molar-refractivity contribution is 5.66. The van der Waals surface area contributed by atoms with E-state index in [2.05, 4.69) is 10.1 Å². The van der Waals surface area contributed by atoms with Gasteiger partial charge in [-0.1, -0.05) is 12.1 Å². The summed E-state index contributed by atoms with van der Waals surface area (Å²) in [5.74, 6) is 0. The molecule has 0 radical (unpaired) electrons. The number of rotatable bonds is 2. The van der Waals surface area contributed by atoms with Crippen molar-refractivity contribution in [3.8, 4) is 6.07 Å². The molecule has 0 aromatic heterocycles. The van der Waals surface area contributed by atoms with Crippen molar-refractivity contribution in [2.75, 3.05) is 7.11 Å². The average molecular weight is 190 g/mol. The van der Waals surface area contributed by atoms with Crippen LogP contribution in [0.1, 0.15) is 11.1 Å². The van der Waals surface area contributed by atoms with Crippen molar-refractivity contribution in [1.82, 2.24) is 5.32 Å². The number of nitrogens with one attached hydrogen (secondary N) is 1. The minimum Gasteiger partial charge on any atom is -0.453 e. The molecule has 0 atom stereocenters. The van der Waals surface area contributed by atoms with Gasteiger partial charge in [0.2, 0.25) is 0 Å². The topological polar surface area (TPSA) is 62.1 Å². The zero-order chi connectivity index (χ0) is 10.4. The highest BCUT2D eigenvalue weighted by Gasteiger charge is 1.99. The fourth-order valence-corrected chi connectivity index (χ4v) is 0.997. The average Bonchev–Trinajstić information content (AvgIpc) is 2.26. The Kier molecular flexibility index (Phi) is 3.50. The third-order valence-corrected chi connectivity index (χ3v) is 1.68. The molecule has 0 unspecified atom stereocenters. The van der Waals surface area contributed by atoms with Crippen LogP contribution in [0.5, 0.6) is 0 Å². The number of benzene rings is 1. The number of nitrogens with zero attached hydrogens (tertiary/aromatic N) is 1. The number of alkyl carbamates (subject to hydrolysis) is 1. The molecular formula is C10H10N2O2. The van der Waals surface area contributed by atoms with E-state index in [9.17, 15) is 4.79 Å². The molecular weight excluding hydrogens is 180 g/mol. The number of hydrogen-bond acceptors (Lipinski definition) is 3. The molecule has 0 aliphatic carbocycles. The van der Waals surface area contributed by atoms with Crippen LogP contribution in [-0.2, 0) is 11.3 Å². The lowest BCUT2D eigenvalue weighted by atomic mass is 10.1. The Morgan fingerprint density at radius 1 is 1.64 bits per heavy atom. The summed E-state index contributed by atoms with van der Waals surface area (Å²) in [7, 11) is 1.31. The Labute approximate surface area is 82.1 Å². The van der Waals surface area contributed by atoms with Crippen molar-refractivity contribution in [2.45, 2.75) is 6.54 Å². The maximum Gasteiger partial charge on any atom is 0.407 e. The van der Waals surface area contributed by atoms with Gasteiger partial charge < -0.3 is 10.1 Å². The van der Waals surface area contributed by atoms with Gasteiger partial charge in [-0.2, -0.15) is 5.26 Å². The third kappa shape index (κ3) is 2.79. The monoisotopic (exact) mass is 190 g/mol. The maximum atomic E-state index is 10.7. The fraction of sp³-hybridized carbons (Fsp3) is 0.200. The van der Waals surface area contributed by atoms with E-state index < -0.39 is 6.09 Å². The molecule has 1 N–H and O–H groups in total. The summed E-state index contributed by atoms with van der Waals surface area (Å²) in [6.45, 7) is 0.363. The molecule has 4 heteroatoms. The predicted molar refractivity (Wildman–Crippen MR) is 50.4 cm³/mol. The summed E-state index contributed by atoms with van der Waals surface area (Å²) in [5.41, 5.74) is 1.45. The van der Waals surface area contributed by atoms with E-state index in [0.717, 1.165) is 5.56 Å². The third-order valence-electron chi connectivity index (χ3n) is 1.68. The molecule has 1 rings (SSSR count). The molecule has 0 aliphatic rings. The van der Waals surface area contributed by atoms with Crippen LogP contribution >= 0.6 is 0 Å². The highest BCUT2D eigenvalue weighted by atomic mass is 16.5. The van der Waals surface area contributed by atoms with Crippen molar-refractivity contribution in [1.29, 1.82) is 5.26 Å². The van der Waals surface area contributed by atoms with Gasteiger partial charge >= 0.3 is 6.09 Å². The van der Waals surface area contributed by atoms with Crippen LogP contribution in [-0.4, -0.2) is 13.2 Å². The number of hydrogen-bond donors (Lipinski definition) is 1. The zero-order valence-corrected chi connectivity index (χ0v) is 7.78. The normalized spacial score (nSPS) is 8.86. The number of methoxy groups -OCH3 is 1. The Balaban J connectivity index is 2.60. The molecule has 72 valence electrons. The van der Waals surface area contributed by atoms with Gasteiger partial charge in [0.25, 0.3) is 0 Å². The summed E-state index contributed by atoms with van der Waals surface area (Å²) in [5, 5.41) is 11.2. The van der Waals surface area contributed by atoms with Crippen LogP contribution < -0.4 is 5.32 Å². The van der Waals surface area contributed by atoms with E-state index in [0.29, 0.717) is 12.1 Å². The first kappa shape index (κ1) is 10.1.